The molecule has 10 heteroatoms. The van der Waals surface area contributed by atoms with Gasteiger partial charge in [-0.05, 0) is 38.0 Å². The molecule has 4 N–H and O–H groups in total. The van der Waals surface area contributed by atoms with Gasteiger partial charge < -0.3 is 16.0 Å². The van der Waals surface area contributed by atoms with E-state index in [-0.39, 0.29) is 34.0 Å². The van der Waals surface area contributed by atoms with Crippen molar-refractivity contribution in [3.63, 3.8) is 0 Å². The van der Waals surface area contributed by atoms with Crippen LogP contribution in [0.4, 0.5) is 5.69 Å². The van der Waals surface area contributed by atoms with Crippen LogP contribution in [0.2, 0.25) is 5.02 Å². The number of anilines is 1. The lowest BCUT2D eigenvalue weighted by molar-refractivity contribution is -0.662. The number of carbonyl (C=O) groups is 2. The summed E-state index contributed by atoms with van der Waals surface area (Å²) >= 11 is 6.13. The number of halogens is 1. The van der Waals surface area contributed by atoms with Crippen molar-refractivity contribution in [2.75, 3.05) is 32.0 Å². The molecule has 1 aliphatic rings. The van der Waals surface area contributed by atoms with Crippen LogP contribution in [0.5, 0.6) is 0 Å². The first-order valence-corrected chi connectivity index (χ1v) is 10.7. The zero-order valence-electron chi connectivity index (χ0n) is 15.5. The zero-order valence-corrected chi connectivity index (χ0v) is 17.1. The maximum absolute atomic E-state index is 12.8. The molecule has 0 radical (unpaired) electrons. The molecule has 150 valence electrons. The molecule has 1 aliphatic heterocycles. The normalized spacial score (nSPS) is 16.6. The summed E-state index contributed by atoms with van der Waals surface area (Å²) in [4.78, 5) is 23.7. The van der Waals surface area contributed by atoms with Gasteiger partial charge in [0, 0.05) is 20.1 Å². The van der Waals surface area contributed by atoms with Gasteiger partial charge in [-0.2, -0.15) is 4.31 Å². The van der Waals surface area contributed by atoms with Crippen molar-refractivity contribution < 1.29 is 23.3 Å². The van der Waals surface area contributed by atoms with Crippen molar-refractivity contribution in [1.29, 1.82) is 0 Å². The Morgan fingerprint density at radius 2 is 1.93 bits per heavy atom. The molecule has 1 saturated heterocycles. The Morgan fingerprint density at radius 1 is 1.26 bits per heavy atom. The number of benzene rings is 1. The van der Waals surface area contributed by atoms with Crippen LogP contribution >= 0.6 is 11.6 Å². The molecule has 27 heavy (non-hydrogen) atoms. The topological polar surface area (TPSA) is 112 Å². The molecular formula is C17H26ClN4O4S+. The Balaban J connectivity index is 2.12. The number of nitrogens with two attached hydrogens (primary N) is 1. The van der Waals surface area contributed by atoms with Gasteiger partial charge in [0.2, 0.25) is 10.0 Å². The maximum Gasteiger partial charge on any atom is 0.282 e. The van der Waals surface area contributed by atoms with E-state index in [1.165, 1.54) is 29.6 Å². The van der Waals surface area contributed by atoms with Crippen LogP contribution in [0.3, 0.4) is 0 Å². The lowest BCUT2D eigenvalue weighted by Gasteiger charge is -2.26. The van der Waals surface area contributed by atoms with E-state index in [1.807, 2.05) is 0 Å². The first kappa shape index (κ1) is 21.6. The molecule has 1 fully saturated rings. The molecule has 1 aromatic carbocycles. The third-order valence-electron chi connectivity index (χ3n) is 4.50. The number of piperidine rings is 1. The van der Waals surface area contributed by atoms with Crippen molar-refractivity contribution in [3.05, 3.63) is 23.2 Å². The molecule has 0 aromatic heterocycles. The number of amides is 2. The van der Waals surface area contributed by atoms with Crippen molar-refractivity contribution >= 4 is 39.1 Å². The predicted octanol–water partition coefficient (Wildman–Crippen LogP) is 0.151. The zero-order chi connectivity index (χ0) is 20.0. The van der Waals surface area contributed by atoms with Crippen molar-refractivity contribution in [3.8, 4) is 0 Å². The molecule has 2 rings (SSSR count). The third-order valence-corrected chi connectivity index (χ3v) is 6.72. The molecule has 1 aromatic rings. The number of quaternary nitrogens is 1. The van der Waals surface area contributed by atoms with E-state index in [1.54, 1.807) is 12.2 Å². The molecule has 8 nitrogen and oxygen atoms in total. The first-order chi connectivity index (χ1) is 12.8. The summed E-state index contributed by atoms with van der Waals surface area (Å²) in [7, 11) is -2.10. The summed E-state index contributed by atoms with van der Waals surface area (Å²) in [6, 6.07) is 3.76. The van der Waals surface area contributed by atoms with Gasteiger partial charge in [-0.3, -0.25) is 9.59 Å². The van der Waals surface area contributed by atoms with Crippen molar-refractivity contribution in [2.24, 2.45) is 0 Å². The number of nitrogens with one attached hydrogen (secondary N) is 2. The van der Waals surface area contributed by atoms with E-state index in [0.717, 1.165) is 19.3 Å². The number of hydrogen-bond donors (Lipinski definition) is 3. The largest absolute Gasteiger partial charge is 0.354 e. The summed E-state index contributed by atoms with van der Waals surface area (Å²) < 4.78 is 27.1. The third kappa shape index (κ3) is 5.65. The lowest BCUT2D eigenvalue weighted by Crippen LogP contribution is -2.93. The van der Waals surface area contributed by atoms with Gasteiger partial charge in [0.1, 0.15) is 0 Å². The van der Waals surface area contributed by atoms with Gasteiger partial charge in [-0.15, -0.1) is 0 Å². The average molecular weight is 418 g/mol. The number of sulfonamides is 1. The average Bonchev–Trinajstić information content (AvgIpc) is 2.67. The first-order valence-electron chi connectivity index (χ1n) is 8.90. The van der Waals surface area contributed by atoms with Crippen molar-refractivity contribution in [2.45, 2.75) is 37.1 Å². The number of likely N-dealkylation sites (N-methyl/N-ethyl adjacent to an activating group) is 1. The minimum atomic E-state index is -3.62. The quantitative estimate of drug-likeness (QED) is 0.586. The highest BCUT2D eigenvalue weighted by molar-refractivity contribution is 7.89. The van der Waals surface area contributed by atoms with E-state index in [4.69, 9.17) is 11.6 Å². The molecule has 1 atom stereocenters. The Bertz CT molecular complexity index is 794. The molecular weight excluding hydrogens is 392 g/mol. The van der Waals surface area contributed by atoms with E-state index in [9.17, 15) is 18.0 Å². The van der Waals surface area contributed by atoms with Crippen LogP contribution in [-0.4, -0.2) is 57.3 Å². The van der Waals surface area contributed by atoms with Gasteiger partial charge in [-0.1, -0.05) is 18.0 Å². The Hall–Kier alpha value is -1.68. The minimum Gasteiger partial charge on any atom is -0.354 e. The molecule has 0 unspecified atom stereocenters. The predicted molar refractivity (Wildman–Crippen MR) is 103 cm³/mol. The fraction of sp³-hybridized carbons (Fsp3) is 0.529. The highest BCUT2D eigenvalue weighted by Gasteiger charge is 2.27. The molecule has 2 amide bonds. The molecule has 1 heterocycles. The fourth-order valence-electron chi connectivity index (χ4n) is 2.75. The van der Waals surface area contributed by atoms with Gasteiger partial charge in [0.15, 0.2) is 12.6 Å². The summed E-state index contributed by atoms with van der Waals surface area (Å²) in [5.74, 6) is -0.560. The van der Waals surface area contributed by atoms with Crippen LogP contribution in [0.15, 0.2) is 23.1 Å². The second kappa shape index (κ2) is 9.50. The second-order valence-corrected chi connectivity index (χ2v) is 8.84. The summed E-state index contributed by atoms with van der Waals surface area (Å²) in [5, 5.41) is 6.96. The van der Waals surface area contributed by atoms with Gasteiger partial charge in [0.25, 0.3) is 11.8 Å². The van der Waals surface area contributed by atoms with Crippen molar-refractivity contribution in [1.82, 2.24) is 9.62 Å². The summed E-state index contributed by atoms with van der Waals surface area (Å²) in [6.45, 7) is 2.76. The van der Waals surface area contributed by atoms with Crippen LogP contribution in [0.25, 0.3) is 0 Å². The van der Waals surface area contributed by atoms with Gasteiger partial charge >= 0.3 is 0 Å². The fourth-order valence-corrected chi connectivity index (χ4v) is 4.46. The lowest BCUT2D eigenvalue weighted by atomic mass is 10.2. The Morgan fingerprint density at radius 3 is 2.56 bits per heavy atom. The van der Waals surface area contributed by atoms with E-state index in [2.05, 4.69) is 10.6 Å². The summed E-state index contributed by atoms with van der Waals surface area (Å²) in [5.41, 5.74) is 0.236. The highest BCUT2D eigenvalue weighted by Crippen LogP contribution is 2.28. The van der Waals surface area contributed by atoms with Gasteiger partial charge in [0.05, 0.1) is 15.6 Å². The van der Waals surface area contributed by atoms with E-state index in [0.29, 0.717) is 13.1 Å². The van der Waals surface area contributed by atoms with Crippen LogP contribution in [0, 0.1) is 0 Å². The minimum absolute atomic E-state index is 0.103. The Kier molecular flexibility index (Phi) is 7.60. The van der Waals surface area contributed by atoms with Gasteiger partial charge in [-0.25, -0.2) is 8.42 Å². The number of nitrogens with zero attached hydrogens (tertiary/aromatic N) is 1. The van der Waals surface area contributed by atoms with Crippen LogP contribution in [0.1, 0.15) is 26.2 Å². The second-order valence-electron chi connectivity index (χ2n) is 6.50. The smallest absolute Gasteiger partial charge is 0.282 e. The SMILES string of the molecule is CNC(=O)C[NH2+][C@H](C)C(=O)Nc1cc(S(=O)(=O)N2CCCCC2)ccc1Cl. The number of hydrogen-bond acceptors (Lipinski definition) is 4. The Labute approximate surface area is 164 Å². The van der Waals surface area contributed by atoms with Crippen LogP contribution in [-0.2, 0) is 19.6 Å². The molecule has 0 aliphatic carbocycles. The van der Waals surface area contributed by atoms with Crippen LogP contribution < -0.4 is 16.0 Å². The number of carbonyl (C=O) groups excluding carboxylic acids is 2. The standard InChI is InChI=1S/C17H25ClN4O4S/c1-12(20-11-16(23)19-2)17(24)21-15-10-13(6-7-14(15)18)27(25,26)22-8-4-3-5-9-22/h6-7,10,12,20H,3-5,8-9,11H2,1-2H3,(H,19,23)(H,21,24)/p+1/t12-/m1/s1. The van der Waals surface area contributed by atoms with E-state index < -0.39 is 16.1 Å². The molecule has 0 saturated carbocycles. The highest BCUT2D eigenvalue weighted by atomic mass is 35.5. The van der Waals surface area contributed by atoms with E-state index >= 15 is 0 Å². The maximum atomic E-state index is 12.8. The monoisotopic (exact) mass is 417 g/mol. The summed E-state index contributed by atoms with van der Waals surface area (Å²) in [6.07, 6.45) is 2.71. The molecule has 0 bridgehead atoms. The molecule has 0 spiro atoms. The number of rotatable bonds is 7.